The molecular weight excluding hydrogens is 208 g/mol. The topological polar surface area (TPSA) is 32.3 Å². The van der Waals surface area contributed by atoms with Crippen molar-refractivity contribution in [3.8, 4) is 0 Å². The molecule has 3 nitrogen and oxygen atoms in total. The zero-order valence-electron chi connectivity index (χ0n) is 9.95. The summed E-state index contributed by atoms with van der Waals surface area (Å²) in [6.45, 7) is 2.65. The Labute approximate surface area is 97.0 Å². The first-order valence-electron chi connectivity index (χ1n) is 5.67. The lowest BCUT2D eigenvalue weighted by atomic mass is 10.2. The molecule has 0 aliphatic heterocycles. The molecule has 1 N–H and O–H groups in total. The number of amides is 1. The molecule has 0 aromatic heterocycles. The molecule has 1 unspecified atom stereocenters. The fraction of sp³-hybridized carbons (Fsp3) is 0.909. The van der Waals surface area contributed by atoms with Crippen LogP contribution < -0.4 is 5.32 Å². The number of nitrogens with zero attached hydrogens (tertiary/aromatic N) is 1. The Balaban J connectivity index is 2.19. The molecule has 1 amide bonds. The Morgan fingerprint density at radius 3 is 2.73 bits per heavy atom. The minimum atomic E-state index is 0.233. The van der Waals surface area contributed by atoms with Crippen LogP contribution in [0.5, 0.6) is 0 Å². The minimum absolute atomic E-state index is 0.233. The van der Waals surface area contributed by atoms with Crippen molar-refractivity contribution in [3.63, 3.8) is 0 Å². The van der Waals surface area contributed by atoms with Gasteiger partial charge in [0.25, 0.3) is 0 Å². The second kappa shape index (κ2) is 6.38. The van der Waals surface area contributed by atoms with Gasteiger partial charge in [0.15, 0.2) is 0 Å². The monoisotopic (exact) mass is 230 g/mol. The second-order valence-electron chi connectivity index (χ2n) is 4.18. The van der Waals surface area contributed by atoms with Gasteiger partial charge >= 0.3 is 0 Å². The number of hydrogen-bond donors (Lipinski definition) is 1. The largest absolute Gasteiger partial charge is 0.342 e. The summed E-state index contributed by atoms with van der Waals surface area (Å²) in [6, 6.07) is 0.997. The molecule has 1 atom stereocenters. The normalized spacial score (nSPS) is 17.5. The first-order valence-corrected chi connectivity index (χ1v) is 7.06. The quantitative estimate of drug-likeness (QED) is 0.716. The van der Waals surface area contributed by atoms with Crippen molar-refractivity contribution in [1.82, 2.24) is 10.2 Å². The minimum Gasteiger partial charge on any atom is -0.342 e. The van der Waals surface area contributed by atoms with E-state index >= 15 is 0 Å². The van der Waals surface area contributed by atoms with Crippen LogP contribution in [0.15, 0.2) is 0 Å². The van der Waals surface area contributed by atoms with E-state index in [1.807, 2.05) is 23.7 Å². The highest BCUT2D eigenvalue weighted by atomic mass is 32.2. The lowest BCUT2D eigenvalue weighted by Gasteiger charge is -2.20. The Kier molecular flexibility index (Phi) is 5.47. The molecule has 0 spiro atoms. The fourth-order valence-corrected chi connectivity index (χ4v) is 2.30. The third-order valence-electron chi connectivity index (χ3n) is 2.89. The molecule has 4 heteroatoms. The van der Waals surface area contributed by atoms with Crippen LogP contribution in [0.4, 0.5) is 0 Å². The SMILES string of the molecule is CCC(CSC)NCC(=O)N(C)C1CC1. The van der Waals surface area contributed by atoms with Gasteiger partial charge in [-0.1, -0.05) is 6.92 Å². The predicted molar refractivity (Wildman–Crippen MR) is 66.3 cm³/mol. The summed E-state index contributed by atoms with van der Waals surface area (Å²) in [4.78, 5) is 13.6. The van der Waals surface area contributed by atoms with E-state index in [0.29, 0.717) is 18.6 Å². The number of hydrogen-bond acceptors (Lipinski definition) is 3. The van der Waals surface area contributed by atoms with Crippen LogP contribution in [0.3, 0.4) is 0 Å². The molecule has 1 aliphatic carbocycles. The van der Waals surface area contributed by atoms with E-state index < -0.39 is 0 Å². The van der Waals surface area contributed by atoms with Crippen LogP contribution in [-0.4, -0.2) is 48.5 Å². The van der Waals surface area contributed by atoms with Crippen molar-refractivity contribution in [2.24, 2.45) is 0 Å². The van der Waals surface area contributed by atoms with E-state index in [0.717, 1.165) is 12.2 Å². The van der Waals surface area contributed by atoms with Gasteiger partial charge in [0, 0.05) is 24.9 Å². The van der Waals surface area contributed by atoms with E-state index in [1.54, 1.807) is 0 Å². The summed E-state index contributed by atoms with van der Waals surface area (Å²) in [5, 5.41) is 3.32. The second-order valence-corrected chi connectivity index (χ2v) is 5.09. The zero-order valence-corrected chi connectivity index (χ0v) is 10.8. The van der Waals surface area contributed by atoms with Gasteiger partial charge in [0.2, 0.25) is 5.91 Å². The standard InChI is InChI=1S/C11H22N2OS/c1-4-9(8-15-3)12-7-11(14)13(2)10-5-6-10/h9-10,12H,4-8H2,1-3H3. The summed E-state index contributed by atoms with van der Waals surface area (Å²) in [5.74, 6) is 1.31. The Morgan fingerprint density at radius 1 is 1.60 bits per heavy atom. The van der Waals surface area contributed by atoms with Crippen molar-refractivity contribution < 1.29 is 4.79 Å². The van der Waals surface area contributed by atoms with Gasteiger partial charge in [0.05, 0.1) is 6.54 Å². The highest BCUT2D eigenvalue weighted by Gasteiger charge is 2.29. The summed E-state index contributed by atoms with van der Waals surface area (Å²) in [6.07, 6.45) is 5.55. The third-order valence-corrected chi connectivity index (χ3v) is 3.63. The van der Waals surface area contributed by atoms with E-state index in [4.69, 9.17) is 0 Å². The summed E-state index contributed by atoms with van der Waals surface area (Å²) < 4.78 is 0. The van der Waals surface area contributed by atoms with Crippen LogP contribution in [0.1, 0.15) is 26.2 Å². The van der Waals surface area contributed by atoms with E-state index in [1.165, 1.54) is 12.8 Å². The fourth-order valence-electron chi connectivity index (χ4n) is 1.54. The molecule has 1 saturated carbocycles. The van der Waals surface area contributed by atoms with Crippen molar-refractivity contribution in [2.45, 2.75) is 38.3 Å². The molecule has 0 aromatic rings. The highest BCUT2D eigenvalue weighted by molar-refractivity contribution is 7.98. The molecule has 15 heavy (non-hydrogen) atoms. The van der Waals surface area contributed by atoms with Gasteiger partial charge in [-0.15, -0.1) is 0 Å². The maximum absolute atomic E-state index is 11.7. The Morgan fingerprint density at radius 2 is 2.27 bits per heavy atom. The van der Waals surface area contributed by atoms with E-state index in [9.17, 15) is 4.79 Å². The zero-order chi connectivity index (χ0) is 11.3. The average Bonchev–Trinajstić information content (AvgIpc) is 3.06. The van der Waals surface area contributed by atoms with Crippen LogP contribution in [-0.2, 0) is 4.79 Å². The van der Waals surface area contributed by atoms with E-state index in [-0.39, 0.29) is 5.91 Å². The third kappa shape index (κ3) is 4.43. The molecule has 1 aliphatic rings. The van der Waals surface area contributed by atoms with Crippen molar-refractivity contribution in [1.29, 1.82) is 0 Å². The van der Waals surface area contributed by atoms with Crippen molar-refractivity contribution in [3.05, 3.63) is 0 Å². The van der Waals surface area contributed by atoms with E-state index in [2.05, 4.69) is 18.5 Å². The number of carbonyl (C=O) groups excluding carboxylic acids is 1. The highest BCUT2D eigenvalue weighted by Crippen LogP contribution is 2.25. The summed E-state index contributed by atoms with van der Waals surface area (Å²) >= 11 is 1.83. The first-order chi connectivity index (χ1) is 7.19. The smallest absolute Gasteiger partial charge is 0.236 e. The summed E-state index contributed by atoms with van der Waals surface area (Å²) in [5.41, 5.74) is 0. The molecule has 1 fully saturated rings. The lowest BCUT2D eigenvalue weighted by Crippen LogP contribution is -2.41. The Bertz CT molecular complexity index is 207. The number of carbonyl (C=O) groups is 1. The van der Waals surface area contributed by atoms with Crippen LogP contribution >= 0.6 is 11.8 Å². The van der Waals surface area contributed by atoms with Crippen LogP contribution in [0.2, 0.25) is 0 Å². The maximum Gasteiger partial charge on any atom is 0.236 e. The molecule has 1 rings (SSSR count). The molecule has 0 aromatic carbocycles. The molecular formula is C11H22N2OS. The molecule has 88 valence electrons. The van der Waals surface area contributed by atoms with Gasteiger partial charge in [-0.3, -0.25) is 4.79 Å². The van der Waals surface area contributed by atoms with Gasteiger partial charge in [-0.25, -0.2) is 0 Å². The molecule has 0 bridgehead atoms. The van der Waals surface area contributed by atoms with Crippen molar-refractivity contribution >= 4 is 17.7 Å². The van der Waals surface area contributed by atoms with Crippen molar-refractivity contribution in [2.75, 3.05) is 25.6 Å². The number of likely N-dealkylation sites (N-methyl/N-ethyl adjacent to an activating group) is 1. The lowest BCUT2D eigenvalue weighted by molar-refractivity contribution is -0.129. The first kappa shape index (κ1) is 12.8. The maximum atomic E-state index is 11.7. The Hall–Kier alpha value is -0.220. The number of nitrogens with one attached hydrogen (secondary N) is 1. The average molecular weight is 230 g/mol. The number of rotatable bonds is 7. The molecule has 0 heterocycles. The van der Waals surface area contributed by atoms with Crippen LogP contribution in [0, 0.1) is 0 Å². The molecule has 0 radical (unpaired) electrons. The predicted octanol–water partition coefficient (Wildman–Crippen LogP) is 1.34. The van der Waals surface area contributed by atoms with Gasteiger partial charge in [-0.2, -0.15) is 11.8 Å². The van der Waals surface area contributed by atoms with Gasteiger partial charge in [0.1, 0.15) is 0 Å². The molecule has 0 saturated heterocycles. The summed E-state index contributed by atoms with van der Waals surface area (Å²) in [7, 11) is 1.91. The number of thioether (sulfide) groups is 1. The van der Waals surface area contributed by atoms with Gasteiger partial charge < -0.3 is 10.2 Å². The van der Waals surface area contributed by atoms with Crippen LogP contribution in [0.25, 0.3) is 0 Å². The van der Waals surface area contributed by atoms with Gasteiger partial charge in [-0.05, 0) is 25.5 Å².